The summed E-state index contributed by atoms with van der Waals surface area (Å²) in [5, 5.41) is 1.77. The van der Waals surface area contributed by atoms with Crippen LogP contribution in [-0.2, 0) is 16.0 Å². The van der Waals surface area contributed by atoms with Crippen molar-refractivity contribution in [1.82, 2.24) is 4.90 Å². The summed E-state index contributed by atoms with van der Waals surface area (Å²) in [5.41, 5.74) is 0.870. The molecule has 3 aliphatic rings. The average Bonchev–Trinajstić information content (AvgIpc) is 3.21. The Morgan fingerprint density at radius 3 is 2.69 bits per heavy atom. The van der Waals surface area contributed by atoms with Crippen LogP contribution in [0.5, 0.6) is 0 Å². The van der Waals surface area contributed by atoms with Crippen molar-refractivity contribution in [3.8, 4) is 0 Å². The number of amides is 1. The summed E-state index contributed by atoms with van der Waals surface area (Å²) in [6.45, 7) is 2.92. The molecule has 1 atom stereocenters. The Hall–Kier alpha value is -2.45. The van der Waals surface area contributed by atoms with E-state index in [1.165, 1.54) is 29.4 Å². The van der Waals surface area contributed by atoms with E-state index in [0.29, 0.717) is 16.4 Å². The summed E-state index contributed by atoms with van der Waals surface area (Å²) >= 11 is 1.23. The van der Waals surface area contributed by atoms with Gasteiger partial charge in [0.1, 0.15) is 16.8 Å². The van der Waals surface area contributed by atoms with Crippen LogP contribution < -0.4 is 4.90 Å². The molecule has 4 heterocycles. The van der Waals surface area contributed by atoms with Gasteiger partial charge in [0.05, 0.1) is 19.3 Å². The predicted octanol–water partition coefficient (Wildman–Crippen LogP) is 3.91. The first kappa shape index (κ1) is 19.8. The number of ether oxygens (including phenoxy) is 2. The van der Waals surface area contributed by atoms with E-state index < -0.39 is 17.9 Å². The topological polar surface area (TPSA) is 59.1 Å². The number of carbonyl (C=O) groups is 2. The number of hydrogen-bond acceptors (Lipinski definition) is 6. The molecule has 3 saturated heterocycles. The highest BCUT2D eigenvalue weighted by Gasteiger charge is 2.37. The zero-order chi connectivity index (χ0) is 20.4. The van der Waals surface area contributed by atoms with Gasteiger partial charge in [-0.25, -0.2) is 14.0 Å². The Balaban J connectivity index is 1.55. The highest BCUT2D eigenvalue weighted by Crippen LogP contribution is 2.31. The lowest BCUT2D eigenvalue weighted by Crippen LogP contribution is -2.53. The number of para-hydroxylation sites is 1. The van der Waals surface area contributed by atoms with Gasteiger partial charge in [0, 0.05) is 6.54 Å². The Labute approximate surface area is 172 Å². The van der Waals surface area contributed by atoms with E-state index in [4.69, 9.17) is 9.47 Å². The molecule has 5 rings (SSSR count). The standard InChI is InChI=1S/C21H23FN2O4S/c1-27-20(25)19-10-14(13-29-19)11-24(17-5-3-2-4-16(17)22)21(26)28-18-12-23-8-6-15(18)7-9-23/h2-5,10,13,15,18H,6-9,11-12H2,1H3. The third-order valence-electron chi connectivity index (χ3n) is 5.59. The maximum absolute atomic E-state index is 14.5. The van der Waals surface area contributed by atoms with Crippen LogP contribution in [0.2, 0.25) is 0 Å². The van der Waals surface area contributed by atoms with E-state index in [2.05, 4.69) is 4.90 Å². The summed E-state index contributed by atoms with van der Waals surface area (Å²) in [6.07, 6.45) is 1.29. The molecule has 0 saturated carbocycles. The molecule has 8 heteroatoms. The second-order valence-corrected chi connectivity index (χ2v) is 8.32. The molecule has 0 radical (unpaired) electrons. The molecular formula is C21H23FN2O4S. The molecule has 3 fully saturated rings. The molecule has 2 bridgehead atoms. The van der Waals surface area contributed by atoms with Crippen LogP contribution in [-0.4, -0.2) is 49.8 Å². The predicted molar refractivity (Wildman–Crippen MR) is 108 cm³/mol. The fraction of sp³-hybridized carbons (Fsp3) is 0.429. The van der Waals surface area contributed by atoms with Gasteiger partial charge in [0.2, 0.25) is 0 Å². The Morgan fingerprint density at radius 1 is 1.28 bits per heavy atom. The van der Waals surface area contributed by atoms with Crippen molar-refractivity contribution in [3.63, 3.8) is 0 Å². The Kier molecular flexibility index (Phi) is 5.82. The van der Waals surface area contributed by atoms with Crippen LogP contribution in [0.4, 0.5) is 14.9 Å². The fourth-order valence-electron chi connectivity index (χ4n) is 4.00. The van der Waals surface area contributed by atoms with Crippen LogP contribution >= 0.6 is 11.3 Å². The number of nitrogens with zero attached hydrogens (tertiary/aromatic N) is 2. The fourth-order valence-corrected chi connectivity index (χ4v) is 4.82. The molecule has 1 aromatic heterocycles. The number of carbonyl (C=O) groups excluding carboxylic acids is 2. The first-order valence-electron chi connectivity index (χ1n) is 9.66. The number of methoxy groups -OCH3 is 1. The molecule has 0 N–H and O–H groups in total. The second kappa shape index (κ2) is 8.51. The third-order valence-corrected chi connectivity index (χ3v) is 6.55. The van der Waals surface area contributed by atoms with Crippen molar-refractivity contribution >= 4 is 29.1 Å². The van der Waals surface area contributed by atoms with Gasteiger partial charge in [0.15, 0.2) is 0 Å². The van der Waals surface area contributed by atoms with Crippen molar-refractivity contribution in [2.75, 3.05) is 31.6 Å². The molecule has 1 amide bonds. The molecule has 2 aromatic rings. The minimum Gasteiger partial charge on any atom is -0.465 e. The van der Waals surface area contributed by atoms with Gasteiger partial charge in [-0.1, -0.05) is 12.1 Å². The van der Waals surface area contributed by atoms with Gasteiger partial charge in [-0.05, 0) is 61.0 Å². The monoisotopic (exact) mass is 418 g/mol. The second-order valence-electron chi connectivity index (χ2n) is 7.41. The minimum atomic E-state index is -0.570. The molecule has 3 aliphatic heterocycles. The van der Waals surface area contributed by atoms with E-state index in [1.54, 1.807) is 29.6 Å². The first-order valence-corrected chi connectivity index (χ1v) is 10.5. The van der Waals surface area contributed by atoms with Gasteiger partial charge < -0.3 is 9.47 Å². The lowest BCUT2D eigenvalue weighted by Gasteiger charge is -2.44. The minimum absolute atomic E-state index is 0.106. The first-order chi connectivity index (χ1) is 14.0. The zero-order valence-electron chi connectivity index (χ0n) is 16.2. The normalized spacial score (nSPS) is 22.9. The molecule has 6 nitrogen and oxygen atoms in total. The summed E-state index contributed by atoms with van der Waals surface area (Å²) in [7, 11) is 1.32. The van der Waals surface area contributed by atoms with Gasteiger partial charge >= 0.3 is 12.1 Å². The van der Waals surface area contributed by atoms with Crippen molar-refractivity contribution in [1.29, 1.82) is 0 Å². The summed E-state index contributed by atoms with van der Waals surface area (Å²) < 4.78 is 25.1. The number of esters is 1. The van der Waals surface area contributed by atoms with E-state index in [0.717, 1.165) is 32.5 Å². The number of fused-ring (bicyclic) bond motifs is 3. The molecule has 154 valence electrons. The SMILES string of the molecule is COC(=O)c1cc(CN(C(=O)OC2CN3CCC2CC3)c2ccccc2F)cs1. The highest BCUT2D eigenvalue weighted by molar-refractivity contribution is 7.12. The lowest BCUT2D eigenvalue weighted by atomic mass is 9.86. The van der Waals surface area contributed by atoms with Crippen LogP contribution in [0.1, 0.15) is 28.1 Å². The average molecular weight is 418 g/mol. The van der Waals surface area contributed by atoms with Crippen LogP contribution in [0, 0.1) is 11.7 Å². The zero-order valence-corrected chi connectivity index (χ0v) is 17.0. The summed E-state index contributed by atoms with van der Waals surface area (Å²) in [5.74, 6) is -0.575. The molecular weight excluding hydrogens is 395 g/mol. The maximum Gasteiger partial charge on any atom is 0.415 e. The van der Waals surface area contributed by atoms with Crippen LogP contribution in [0.15, 0.2) is 35.7 Å². The van der Waals surface area contributed by atoms with Crippen LogP contribution in [0.25, 0.3) is 0 Å². The third kappa shape index (κ3) is 4.28. The van der Waals surface area contributed by atoms with E-state index in [9.17, 15) is 14.0 Å². The van der Waals surface area contributed by atoms with Crippen molar-refractivity contribution in [2.24, 2.45) is 5.92 Å². The number of halogens is 1. The number of benzene rings is 1. The lowest BCUT2D eigenvalue weighted by molar-refractivity contribution is -0.0311. The van der Waals surface area contributed by atoms with Gasteiger partial charge in [-0.2, -0.15) is 0 Å². The molecule has 0 aliphatic carbocycles. The van der Waals surface area contributed by atoms with Crippen molar-refractivity contribution in [3.05, 3.63) is 52.0 Å². The van der Waals surface area contributed by atoms with Gasteiger partial charge in [0.25, 0.3) is 0 Å². The summed E-state index contributed by atoms with van der Waals surface area (Å²) in [4.78, 5) is 28.8. The Bertz CT molecular complexity index is 894. The smallest absolute Gasteiger partial charge is 0.415 e. The summed E-state index contributed by atoms with van der Waals surface area (Å²) in [6, 6.07) is 7.79. The van der Waals surface area contributed by atoms with Crippen molar-refractivity contribution < 1.29 is 23.5 Å². The van der Waals surface area contributed by atoms with Gasteiger partial charge in [-0.15, -0.1) is 11.3 Å². The van der Waals surface area contributed by atoms with E-state index >= 15 is 0 Å². The maximum atomic E-state index is 14.5. The van der Waals surface area contributed by atoms with E-state index in [1.807, 2.05) is 0 Å². The quantitative estimate of drug-likeness (QED) is 0.689. The van der Waals surface area contributed by atoms with E-state index in [-0.39, 0.29) is 18.3 Å². The molecule has 29 heavy (non-hydrogen) atoms. The van der Waals surface area contributed by atoms with Crippen molar-refractivity contribution in [2.45, 2.75) is 25.5 Å². The number of rotatable bonds is 5. The number of thiophene rings is 1. The molecule has 1 unspecified atom stereocenters. The number of anilines is 1. The molecule has 0 spiro atoms. The Morgan fingerprint density at radius 2 is 2.03 bits per heavy atom. The van der Waals surface area contributed by atoms with Crippen LogP contribution in [0.3, 0.4) is 0 Å². The highest BCUT2D eigenvalue weighted by atomic mass is 32.1. The van der Waals surface area contributed by atoms with Gasteiger partial charge in [-0.3, -0.25) is 9.80 Å². The largest absolute Gasteiger partial charge is 0.465 e. The number of hydrogen-bond donors (Lipinski definition) is 0. The molecule has 1 aromatic carbocycles. The number of piperidine rings is 3.